The molecule has 0 saturated carbocycles. The van der Waals surface area contributed by atoms with Gasteiger partial charge in [-0.05, 0) is 30.7 Å². The van der Waals surface area contributed by atoms with Gasteiger partial charge < -0.3 is 9.15 Å². The van der Waals surface area contributed by atoms with E-state index in [1.54, 1.807) is 23.0 Å². The second-order valence-electron chi connectivity index (χ2n) is 4.59. The van der Waals surface area contributed by atoms with E-state index in [9.17, 15) is 4.79 Å². The molecule has 0 bridgehead atoms. The second-order valence-corrected chi connectivity index (χ2v) is 5.97. The van der Waals surface area contributed by atoms with Crippen molar-refractivity contribution in [1.29, 1.82) is 0 Å². The van der Waals surface area contributed by atoms with Crippen LogP contribution in [0.4, 0.5) is 0 Å². The number of oxazole rings is 1. The predicted octanol–water partition coefficient (Wildman–Crippen LogP) is 4.01. The van der Waals surface area contributed by atoms with Gasteiger partial charge in [0.05, 0.1) is 18.0 Å². The molecule has 0 N–H and O–H groups in total. The Balaban J connectivity index is 2.02. The molecular weight excluding hydrogens is 310 g/mol. The third kappa shape index (κ3) is 2.47. The molecule has 2 aromatic heterocycles. The highest BCUT2D eigenvalue weighted by Crippen LogP contribution is 2.36. The summed E-state index contributed by atoms with van der Waals surface area (Å²) in [5, 5.41) is 1.62. The van der Waals surface area contributed by atoms with Gasteiger partial charge in [0.2, 0.25) is 0 Å². The molecule has 4 nitrogen and oxygen atoms in total. The molecule has 0 radical (unpaired) electrons. The summed E-state index contributed by atoms with van der Waals surface area (Å²) in [5.74, 6) is 0.457. The molecular formula is C15H14ClNO3S. The van der Waals surface area contributed by atoms with Crippen LogP contribution < -0.4 is 10.5 Å². The van der Waals surface area contributed by atoms with Crippen molar-refractivity contribution in [2.24, 2.45) is 0 Å². The number of hydrogen-bond acceptors (Lipinski definition) is 4. The van der Waals surface area contributed by atoms with E-state index < -0.39 is 0 Å². The molecule has 3 rings (SSSR count). The van der Waals surface area contributed by atoms with Gasteiger partial charge >= 0.3 is 5.76 Å². The Labute approximate surface area is 130 Å². The van der Waals surface area contributed by atoms with Crippen LogP contribution in [0.3, 0.4) is 0 Å². The standard InChI is InChI=1S/C15H14ClNO3S/c1-3-17-11-5-4-9(6-12(11)20-15(17)18)14(16)13-7-10(19-2)8-21-13/h4-8,14H,3H2,1-2H3. The van der Waals surface area contributed by atoms with Gasteiger partial charge in [0, 0.05) is 16.8 Å². The van der Waals surface area contributed by atoms with Gasteiger partial charge in [-0.3, -0.25) is 4.57 Å². The van der Waals surface area contributed by atoms with E-state index in [4.69, 9.17) is 20.8 Å². The third-order valence-electron chi connectivity index (χ3n) is 3.38. The van der Waals surface area contributed by atoms with Gasteiger partial charge in [0.1, 0.15) is 5.75 Å². The largest absolute Gasteiger partial charge is 0.496 e. The summed E-state index contributed by atoms with van der Waals surface area (Å²) >= 11 is 8.05. The monoisotopic (exact) mass is 323 g/mol. The van der Waals surface area contributed by atoms with E-state index in [1.807, 2.05) is 36.6 Å². The topological polar surface area (TPSA) is 44.4 Å². The molecule has 1 unspecified atom stereocenters. The zero-order chi connectivity index (χ0) is 15.0. The Hall–Kier alpha value is -1.72. The predicted molar refractivity (Wildman–Crippen MR) is 84.7 cm³/mol. The lowest BCUT2D eigenvalue weighted by atomic mass is 10.1. The Bertz CT molecular complexity index is 833. The summed E-state index contributed by atoms with van der Waals surface area (Å²) < 4.78 is 12.0. The number of alkyl halides is 1. The number of aryl methyl sites for hydroxylation is 1. The van der Waals surface area contributed by atoms with Crippen LogP contribution in [0.5, 0.6) is 5.75 Å². The lowest BCUT2D eigenvalue weighted by Gasteiger charge is -2.07. The van der Waals surface area contributed by atoms with Crippen LogP contribution in [-0.2, 0) is 6.54 Å². The second kappa shape index (κ2) is 5.58. The van der Waals surface area contributed by atoms with E-state index in [0.29, 0.717) is 12.1 Å². The molecule has 2 heterocycles. The number of rotatable bonds is 4. The van der Waals surface area contributed by atoms with Crippen LogP contribution in [0.1, 0.15) is 22.7 Å². The fourth-order valence-corrected chi connectivity index (χ4v) is 3.49. The molecule has 110 valence electrons. The molecule has 0 amide bonds. The van der Waals surface area contributed by atoms with Crippen molar-refractivity contribution in [2.45, 2.75) is 18.8 Å². The van der Waals surface area contributed by atoms with Crippen molar-refractivity contribution in [1.82, 2.24) is 4.57 Å². The van der Waals surface area contributed by atoms with Gasteiger partial charge in [0.15, 0.2) is 5.58 Å². The summed E-state index contributed by atoms with van der Waals surface area (Å²) in [5.41, 5.74) is 2.25. The van der Waals surface area contributed by atoms with E-state index in [1.165, 1.54) is 0 Å². The Kier molecular flexibility index (Phi) is 3.78. The normalized spacial score (nSPS) is 12.7. The van der Waals surface area contributed by atoms with Crippen LogP contribution in [0, 0.1) is 0 Å². The maximum Gasteiger partial charge on any atom is 0.419 e. The molecule has 1 atom stereocenters. The first kappa shape index (κ1) is 14.2. The summed E-state index contributed by atoms with van der Waals surface area (Å²) in [6.07, 6.45) is 0. The number of methoxy groups -OCH3 is 1. The van der Waals surface area contributed by atoms with Crippen molar-refractivity contribution in [3.05, 3.63) is 50.6 Å². The van der Waals surface area contributed by atoms with Gasteiger partial charge in [-0.15, -0.1) is 22.9 Å². The number of hydrogen-bond donors (Lipinski definition) is 0. The lowest BCUT2D eigenvalue weighted by molar-refractivity contribution is 0.416. The molecule has 0 aliphatic carbocycles. The average molecular weight is 324 g/mol. The molecule has 1 aromatic carbocycles. The van der Waals surface area contributed by atoms with Crippen molar-refractivity contribution < 1.29 is 9.15 Å². The molecule has 0 aliphatic heterocycles. The zero-order valence-corrected chi connectivity index (χ0v) is 13.2. The Morgan fingerprint density at radius 1 is 1.43 bits per heavy atom. The van der Waals surface area contributed by atoms with Gasteiger partial charge in [-0.2, -0.15) is 0 Å². The minimum Gasteiger partial charge on any atom is -0.496 e. The summed E-state index contributed by atoms with van der Waals surface area (Å²) in [4.78, 5) is 12.7. The molecule has 6 heteroatoms. The number of nitrogens with zero attached hydrogens (tertiary/aromatic N) is 1. The summed E-state index contributed by atoms with van der Waals surface area (Å²) in [7, 11) is 1.63. The van der Waals surface area contributed by atoms with Crippen LogP contribution >= 0.6 is 22.9 Å². The van der Waals surface area contributed by atoms with Gasteiger partial charge in [0.25, 0.3) is 0 Å². The maximum atomic E-state index is 11.7. The maximum absolute atomic E-state index is 11.7. The third-order valence-corrected chi connectivity index (χ3v) is 4.97. The van der Waals surface area contributed by atoms with Gasteiger partial charge in [-0.1, -0.05) is 6.07 Å². The highest BCUT2D eigenvalue weighted by atomic mass is 35.5. The van der Waals surface area contributed by atoms with Crippen LogP contribution in [0.15, 0.2) is 38.9 Å². The number of thiophene rings is 1. The van der Waals surface area contributed by atoms with Crippen molar-refractivity contribution in [3.63, 3.8) is 0 Å². The van der Waals surface area contributed by atoms with E-state index >= 15 is 0 Å². The van der Waals surface area contributed by atoms with Crippen molar-refractivity contribution >= 4 is 34.0 Å². The van der Waals surface area contributed by atoms with Crippen molar-refractivity contribution in [3.8, 4) is 5.75 Å². The van der Waals surface area contributed by atoms with Crippen LogP contribution in [0.25, 0.3) is 11.1 Å². The number of benzene rings is 1. The first-order valence-corrected chi connectivity index (χ1v) is 7.85. The molecule has 0 aliphatic rings. The lowest BCUT2D eigenvalue weighted by Crippen LogP contribution is -2.11. The SMILES string of the molecule is CCn1c(=O)oc2cc(C(Cl)c3cc(OC)cs3)ccc21. The first-order chi connectivity index (χ1) is 10.1. The molecule has 21 heavy (non-hydrogen) atoms. The smallest absolute Gasteiger partial charge is 0.419 e. The molecule has 3 aromatic rings. The quantitative estimate of drug-likeness (QED) is 0.681. The fraction of sp³-hybridized carbons (Fsp3) is 0.267. The van der Waals surface area contributed by atoms with E-state index in [0.717, 1.165) is 21.7 Å². The van der Waals surface area contributed by atoms with Crippen LogP contribution in [-0.4, -0.2) is 11.7 Å². The van der Waals surface area contributed by atoms with E-state index in [2.05, 4.69) is 0 Å². The minimum absolute atomic E-state index is 0.293. The molecule has 0 fully saturated rings. The number of aromatic nitrogens is 1. The highest BCUT2D eigenvalue weighted by molar-refractivity contribution is 7.10. The highest BCUT2D eigenvalue weighted by Gasteiger charge is 2.16. The first-order valence-electron chi connectivity index (χ1n) is 6.53. The number of ether oxygens (including phenoxy) is 1. The van der Waals surface area contributed by atoms with Crippen LogP contribution in [0.2, 0.25) is 0 Å². The Morgan fingerprint density at radius 3 is 2.90 bits per heavy atom. The number of fused-ring (bicyclic) bond motifs is 1. The number of halogens is 1. The summed E-state index contributed by atoms with van der Waals surface area (Å²) in [6.45, 7) is 2.49. The minimum atomic E-state index is -0.339. The van der Waals surface area contributed by atoms with Crippen molar-refractivity contribution in [2.75, 3.05) is 7.11 Å². The Morgan fingerprint density at radius 2 is 2.24 bits per heavy atom. The van der Waals surface area contributed by atoms with Gasteiger partial charge in [-0.25, -0.2) is 4.79 Å². The molecule has 0 spiro atoms. The summed E-state index contributed by atoms with van der Waals surface area (Å²) in [6, 6.07) is 7.54. The van der Waals surface area contributed by atoms with E-state index in [-0.39, 0.29) is 11.1 Å². The average Bonchev–Trinajstić information content (AvgIpc) is 3.08. The molecule has 0 saturated heterocycles. The zero-order valence-electron chi connectivity index (χ0n) is 11.6. The fourth-order valence-electron chi connectivity index (χ4n) is 2.28.